The molecule has 0 aliphatic carbocycles. The lowest BCUT2D eigenvalue weighted by Crippen LogP contribution is -2.47. The van der Waals surface area contributed by atoms with Crippen molar-refractivity contribution in [2.45, 2.75) is 25.4 Å². The molecule has 0 saturated carbocycles. The molecule has 0 spiro atoms. The number of fused-ring (bicyclic) bond motifs is 1. The van der Waals surface area contributed by atoms with Crippen LogP contribution in [0.1, 0.15) is 18.4 Å². The molecule has 0 radical (unpaired) electrons. The third kappa shape index (κ3) is 3.94. The van der Waals surface area contributed by atoms with Crippen molar-refractivity contribution in [2.24, 2.45) is 5.92 Å². The van der Waals surface area contributed by atoms with Crippen LogP contribution in [0.2, 0.25) is 5.02 Å². The summed E-state index contributed by atoms with van der Waals surface area (Å²) >= 11 is 6.03. The molecule has 1 atom stereocenters. The molecule has 1 amide bonds. The zero-order chi connectivity index (χ0) is 17.2. The Hall–Kier alpha value is -1.30. The van der Waals surface area contributed by atoms with Crippen LogP contribution < -0.4 is 4.74 Å². The van der Waals surface area contributed by atoms with Crippen LogP contribution in [0.5, 0.6) is 5.75 Å². The molecular weight excluding hydrogens is 340 g/mol. The highest BCUT2D eigenvalue weighted by Gasteiger charge is 2.34. The summed E-state index contributed by atoms with van der Waals surface area (Å²) in [6.45, 7) is 6.58. The molecular formula is C19H25ClN2O3. The van der Waals surface area contributed by atoms with Crippen LogP contribution in [0.25, 0.3) is 0 Å². The Bertz CT molecular complexity index is 625. The van der Waals surface area contributed by atoms with Crippen LogP contribution in [0.4, 0.5) is 0 Å². The largest absolute Gasteiger partial charge is 0.480 e. The second kappa shape index (κ2) is 7.52. The number of halogens is 1. The summed E-state index contributed by atoms with van der Waals surface area (Å²) in [6, 6.07) is 5.57. The molecule has 25 heavy (non-hydrogen) atoms. The Labute approximate surface area is 153 Å². The fourth-order valence-corrected chi connectivity index (χ4v) is 4.24. The van der Waals surface area contributed by atoms with E-state index in [4.69, 9.17) is 21.1 Å². The number of hydrogen-bond acceptors (Lipinski definition) is 4. The summed E-state index contributed by atoms with van der Waals surface area (Å²) in [5, 5.41) is 0.694. The first-order valence-electron chi connectivity index (χ1n) is 9.23. The fraction of sp³-hybridized carbons (Fsp3) is 0.632. The first-order valence-corrected chi connectivity index (χ1v) is 9.61. The van der Waals surface area contributed by atoms with Crippen molar-refractivity contribution in [3.63, 3.8) is 0 Å². The highest BCUT2D eigenvalue weighted by Crippen LogP contribution is 2.32. The Morgan fingerprint density at radius 3 is 2.68 bits per heavy atom. The minimum Gasteiger partial charge on any atom is -0.480 e. The standard InChI is InChI=1S/C19H25ClN2O3/c20-16-1-2-17-15(11-16)12-18(25-17)19(23)22-5-3-14(4-6-22)13-21-7-9-24-10-8-21/h1-2,11,14,18H,3-10,12-13H2/t18-/m0/s1. The third-order valence-electron chi connectivity index (χ3n) is 5.52. The van der Waals surface area contributed by atoms with E-state index in [1.54, 1.807) is 0 Å². The summed E-state index contributed by atoms with van der Waals surface area (Å²) in [6.07, 6.45) is 2.40. The van der Waals surface area contributed by atoms with E-state index in [1.165, 1.54) is 0 Å². The van der Waals surface area contributed by atoms with Gasteiger partial charge in [0.1, 0.15) is 5.75 Å². The predicted octanol–water partition coefficient (Wildman–Crippen LogP) is 2.21. The van der Waals surface area contributed by atoms with Crippen LogP contribution in [-0.2, 0) is 16.0 Å². The molecule has 2 fully saturated rings. The second-order valence-corrected chi connectivity index (χ2v) is 7.68. The van der Waals surface area contributed by atoms with Gasteiger partial charge in [-0.2, -0.15) is 0 Å². The van der Waals surface area contributed by atoms with Crippen molar-refractivity contribution in [2.75, 3.05) is 45.9 Å². The second-order valence-electron chi connectivity index (χ2n) is 7.24. The number of piperidine rings is 1. The average molecular weight is 365 g/mol. The Balaban J connectivity index is 1.27. The summed E-state index contributed by atoms with van der Waals surface area (Å²) < 4.78 is 11.3. The van der Waals surface area contributed by atoms with E-state index >= 15 is 0 Å². The SMILES string of the molecule is O=C([C@@H]1Cc2cc(Cl)ccc2O1)N1CCC(CN2CCOCC2)CC1. The van der Waals surface area contributed by atoms with Gasteiger partial charge in [-0.25, -0.2) is 0 Å². The van der Waals surface area contributed by atoms with Crippen LogP contribution in [0.15, 0.2) is 18.2 Å². The van der Waals surface area contributed by atoms with Gasteiger partial charge in [0.05, 0.1) is 13.2 Å². The van der Waals surface area contributed by atoms with Crippen molar-refractivity contribution in [3.8, 4) is 5.75 Å². The molecule has 2 saturated heterocycles. The normalized spacial score (nSPS) is 24.8. The first-order chi connectivity index (χ1) is 12.2. The number of benzene rings is 1. The zero-order valence-corrected chi connectivity index (χ0v) is 15.2. The maximum Gasteiger partial charge on any atom is 0.263 e. The fourth-order valence-electron chi connectivity index (χ4n) is 4.04. The van der Waals surface area contributed by atoms with E-state index in [9.17, 15) is 4.79 Å². The maximum absolute atomic E-state index is 12.8. The molecule has 136 valence electrons. The lowest BCUT2D eigenvalue weighted by molar-refractivity contribution is -0.139. The van der Waals surface area contributed by atoms with Gasteiger partial charge >= 0.3 is 0 Å². The molecule has 1 aromatic rings. The van der Waals surface area contributed by atoms with Crippen LogP contribution in [-0.4, -0.2) is 67.7 Å². The van der Waals surface area contributed by atoms with E-state index < -0.39 is 0 Å². The number of morpholine rings is 1. The molecule has 6 heteroatoms. The van der Waals surface area contributed by atoms with Crippen molar-refractivity contribution in [1.29, 1.82) is 0 Å². The van der Waals surface area contributed by atoms with Gasteiger partial charge in [0.15, 0.2) is 6.10 Å². The topological polar surface area (TPSA) is 42.0 Å². The molecule has 0 bridgehead atoms. The number of nitrogens with zero attached hydrogens (tertiary/aromatic N) is 2. The molecule has 0 N–H and O–H groups in total. The van der Waals surface area contributed by atoms with Gasteiger partial charge in [0, 0.05) is 44.2 Å². The van der Waals surface area contributed by atoms with Gasteiger partial charge in [0.2, 0.25) is 0 Å². The van der Waals surface area contributed by atoms with E-state index in [-0.39, 0.29) is 12.0 Å². The van der Waals surface area contributed by atoms with Crippen molar-refractivity contribution in [1.82, 2.24) is 9.80 Å². The Kier molecular flexibility index (Phi) is 5.15. The molecule has 5 nitrogen and oxygen atoms in total. The van der Waals surface area contributed by atoms with Crippen LogP contribution in [0, 0.1) is 5.92 Å². The van der Waals surface area contributed by atoms with Gasteiger partial charge < -0.3 is 14.4 Å². The van der Waals surface area contributed by atoms with Crippen molar-refractivity contribution >= 4 is 17.5 Å². The highest BCUT2D eigenvalue weighted by atomic mass is 35.5. The number of carbonyl (C=O) groups is 1. The summed E-state index contributed by atoms with van der Waals surface area (Å²) in [5.74, 6) is 1.60. The lowest BCUT2D eigenvalue weighted by atomic mass is 9.95. The number of rotatable bonds is 3. The summed E-state index contributed by atoms with van der Waals surface area (Å²) in [5.41, 5.74) is 1.04. The third-order valence-corrected chi connectivity index (χ3v) is 5.75. The highest BCUT2D eigenvalue weighted by molar-refractivity contribution is 6.30. The number of hydrogen-bond donors (Lipinski definition) is 0. The number of amides is 1. The van der Waals surface area contributed by atoms with Crippen LogP contribution >= 0.6 is 11.6 Å². The number of carbonyl (C=O) groups excluding carboxylic acids is 1. The van der Waals surface area contributed by atoms with Gasteiger partial charge in [-0.3, -0.25) is 9.69 Å². The molecule has 3 aliphatic rings. The Morgan fingerprint density at radius 2 is 1.92 bits per heavy atom. The van der Waals surface area contributed by atoms with E-state index in [0.717, 1.165) is 70.1 Å². The molecule has 0 unspecified atom stereocenters. The number of ether oxygens (including phenoxy) is 2. The summed E-state index contributed by atoms with van der Waals surface area (Å²) in [7, 11) is 0. The van der Waals surface area contributed by atoms with Crippen molar-refractivity contribution < 1.29 is 14.3 Å². The molecule has 3 heterocycles. The predicted molar refractivity (Wildman–Crippen MR) is 96.1 cm³/mol. The van der Waals surface area contributed by atoms with Gasteiger partial charge in [0.25, 0.3) is 5.91 Å². The summed E-state index contributed by atoms with van der Waals surface area (Å²) in [4.78, 5) is 17.3. The van der Waals surface area contributed by atoms with E-state index in [0.29, 0.717) is 17.4 Å². The smallest absolute Gasteiger partial charge is 0.263 e. The molecule has 0 aromatic heterocycles. The van der Waals surface area contributed by atoms with Crippen LogP contribution in [0.3, 0.4) is 0 Å². The minimum atomic E-state index is -0.385. The zero-order valence-electron chi connectivity index (χ0n) is 14.5. The van der Waals surface area contributed by atoms with Crippen molar-refractivity contribution in [3.05, 3.63) is 28.8 Å². The minimum absolute atomic E-state index is 0.122. The molecule has 3 aliphatic heterocycles. The molecule has 4 rings (SSSR count). The van der Waals surface area contributed by atoms with Gasteiger partial charge in [-0.15, -0.1) is 0 Å². The quantitative estimate of drug-likeness (QED) is 0.824. The Morgan fingerprint density at radius 1 is 1.16 bits per heavy atom. The maximum atomic E-state index is 12.8. The monoisotopic (exact) mass is 364 g/mol. The lowest BCUT2D eigenvalue weighted by Gasteiger charge is -2.36. The van der Waals surface area contributed by atoms with E-state index in [1.807, 2.05) is 23.1 Å². The average Bonchev–Trinajstić information content (AvgIpc) is 3.06. The molecule has 1 aromatic carbocycles. The van der Waals surface area contributed by atoms with Gasteiger partial charge in [-0.1, -0.05) is 11.6 Å². The number of likely N-dealkylation sites (tertiary alicyclic amines) is 1. The first kappa shape index (κ1) is 17.1. The van der Waals surface area contributed by atoms with Gasteiger partial charge in [-0.05, 0) is 42.5 Å². The van der Waals surface area contributed by atoms with E-state index in [2.05, 4.69) is 4.90 Å².